The molecule has 2 rings (SSSR count). The van der Waals surface area contributed by atoms with Crippen LogP contribution in [-0.4, -0.2) is 26.0 Å². The zero-order valence-corrected chi connectivity index (χ0v) is 10.3. The Hall–Kier alpha value is -2.15. The first kappa shape index (κ1) is 12.3. The molecular weight excluding hydrogens is 252 g/mol. The molecule has 0 unspecified atom stereocenters. The first-order valence-corrected chi connectivity index (χ1v) is 5.84. The third-order valence-electron chi connectivity index (χ3n) is 2.05. The molecule has 2 heterocycles. The van der Waals surface area contributed by atoms with Crippen molar-refractivity contribution in [3.8, 4) is 0 Å². The average Bonchev–Trinajstić information content (AvgIpc) is 2.34. The number of pyridine rings is 1. The lowest BCUT2D eigenvalue weighted by Crippen LogP contribution is -2.03. The van der Waals surface area contributed by atoms with Crippen LogP contribution in [-0.2, 0) is 0 Å². The summed E-state index contributed by atoms with van der Waals surface area (Å²) in [6.07, 6.45) is 3.35. The maximum atomic E-state index is 10.8. The molecule has 0 saturated heterocycles. The summed E-state index contributed by atoms with van der Waals surface area (Å²) in [7, 11) is 0. The maximum absolute atomic E-state index is 10.8. The van der Waals surface area contributed by atoms with Crippen LogP contribution in [0.4, 0.5) is 5.69 Å². The summed E-state index contributed by atoms with van der Waals surface area (Å²) >= 11 is 1.13. The van der Waals surface area contributed by atoms with Crippen LogP contribution >= 0.6 is 11.8 Å². The molecule has 0 aliphatic carbocycles. The highest BCUT2D eigenvalue weighted by Gasteiger charge is 2.11. The fourth-order valence-corrected chi connectivity index (χ4v) is 1.89. The molecule has 0 saturated carbocycles. The zero-order chi connectivity index (χ0) is 13.1. The number of hydrogen-bond donors (Lipinski definition) is 2. The van der Waals surface area contributed by atoms with E-state index in [1.54, 1.807) is 12.4 Å². The van der Waals surface area contributed by atoms with Crippen LogP contribution in [0.1, 0.15) is 16.1 Å². The highest BCUT2D eigenvalue weighted by atomic mass is 32.2. The van der Waals surface area contributed by atoms with Gasteiger partial charge in [0.05, 0.1) is 5.69 Å². The second-order valence-electron chi connectivity index (χ2n) is 3.54. The Morgan fingerprint density at radius 3 is 2.61 bits per heavy atom. The molecule has 0 spiro atoms. The summed E-state index contributed by atoms with van der Waals surface area (Å²) in [5.74, 6) is -1.10. The maximum Gasteiger partial charge on any atom is 0.354 e. The van der Waals surface area contributed by atoms with Crippen molar-refractivity contribution in [2.75, 3.05) is 5.73 Å². The molecule has 0 aromatic carbocycles. The highest BCUT2D eigenvalue weighted by molar-refractivity contribution is 7.99. The lowest BCUT2D eigenvalue weighted by molar-refractivity contribution is 0.0690. The van der Waals surface area contributed by atoms with E-state index in [0.29, 0.717) is 15.9 Å². The number of aromatic nitrogens is 3. The molecule has 0 amide bonds. The van der Waals surface area contributed by atoms with Gasteiger partial charge in [-0.3, -0.25) is 0 Å². The van der Waals surface area contributed by atoms with Crippen molar-refractivity contribution in [3.05, 3.63) is 35.8 Å². The number of carboxylic acids is 1. The first-order valence-electron chi connectivity index (χ1n) is 5.02. The van der Waals surface area contributed by atoms with Crippen molar-refractivity contribution in [2.45, 2.75) is 17.1 Å². The van der Waals surface area contributed by atoms with E-state index in [1.165, 1.54) is 12.1 Å². The summed E-state index contributed by atoms with van der Waals surface area (Å²) in [4.78, 5) is 23.0. The molecule has 0 fully saturated rings. The summed E-state index contributed by atoms with van der Waals surface area (Å²) in [6, 6.07) is 2.87. The molecule has 2 aromatic heterocycles. The largest absolute Gasteiger partial charge is 0.477 e. The molecule has 92 valence electrons. The Balaban J connectivity index is 2.30. The van der Waals surface area contributed by atoms with Crippen molar-refractivity contribution < 1.29 is 9.90 Å². The van der Waals surface area contributed by atoms with Crippen molar-refractivity contribution in [3.63, 3.8) is 0 Å². The average molecular weight is 262 g/mol. The number of nitrogen functional groups attached to an aromatic ring is 1. The van der Waals surface area contributed by atoms with Crippen LogP contribution in [0.3, 0.4) is 0 Å². The Morgan fingerprint density at radius 1 is 1.33 bits per heavy atom. The standard InChI is InChI=1S/C11H10N4O2S/c1-6-4-13-11(14-5-6)18-9-7(12)2-3-8(15-9)10(16)17/h2-5H,12H2,1H3,(H,16,17). The minimum atomic E-state index is -1.10. The van der Waals surface area contributed by atoms with Crippen LogP contribution in [0.25, 0.3) is 0 Å². The van der Waals surface area contributed by atoms with E-state index in [1.807, 2.05) is 6.92 Å². The smallest absolute Gasteiger partial charge is 0.354 e. The molecule has 0 aliphatic heterocycles. The Morgan fingerprint density at radius 2 is 2.00 bits per heavy atom. The molecule has 6 nitrogen and oxygen atoms in total. The van der Waals surface area contributed by atoms with Crippen LogP contribution < -0.4 is 5.73 Å². The van der Waals surface area contributed by atoms with Crippen molar-refractivity contribution >= 4 is 23.4 Å². The fraction of sp³-hybridized carbons (Fsp3) is 0.0909. The van der Waals surface area contributed by atoms with Gasteiger partial charge in [0.25, 0.3) is 0 Å². The Kier molecular flexibility index (Phi) is 3.42. The van der Waals surface area contributed by atoms with Gasteiger partial charge in [0.15, 0.2) is 5.16 Å². The number of hydrogen-bond acceptors (Lipinski definition) is 6. The Labute approximate surface area is 107 Å². The molecule has 18 heavy (non-hydrogen) atoms. The van der Waals surface area contributed by atoms with E-state index in [4.69, 9.17) is 10.8 Å². The third kappa shape index (κ3) is 2.75. The summed E-state index contributed by atoms with van der Waals surface area (Å²) < 4.78 is 0. The van der Waals surface area contributed by atoms with Crippen molar-refractivity contribution in [1.82, 2.24) is 15.0 Å². The lowest BCUT2D eigenvalue weighted by Gasteiger charge is -2.04. The summed E-state index contributed by atoms with van der Waals surface area (Å²) in [5.41, 5.74) is 7.02. The molecule has 0 radical (unpaired) electrons. The lowest BCUT2D eigenvalue weighted by atomic mass is 10.3. The van der Waals surface area contributed by atoms with Gasteiger partial charge in [0.2, 0.25) is 0 Å². The van der Waals surface area contributed by atoms with Crippen LogP contribution in [0.2, 0.25) is 0 Å². The number of anilines is 1. The quantitative estimate of drug-likeness (QED) is 0.810. The zero-order valence-electron chi connectivity index (χ0n) is 9.49. The van der Waals surface area contributed by atoms with E-state index in [9.17, 15) is 4.79 Å². The molecule has 7 heteroatoms. The van der Waals surface area contributed by atoms with Crippen LogP contribution in [0.15, 0.2) is 34.7 Å². The number of aromatic carboxylic acids is 1. The van der Waals surface area contributed by atoms with Crippen LogP contribution in [0, 0.1) is 6.92 Å². The van der Waals surface area contributed by atoms with E-state index in [2.05, 4.69) is 15.0 Å². The predicted molar refractivity (Wildman–Crippen MR) is 66.5 cm³/mol. The number of carbonyl (C=O) groups is 1. The molecular formula is C11H10N4O2S. The number of carboxylic acid groups (broad SMARTS) is 1. The topological polar surface area (TPSA) is 102 Å². The number of nitrogens with zero attached hydrogens (tertiary/aromatic N) is 3. The third-order valence-corrected chi connectivity index (χ3v) is 2.97. The Bertz CT molecular complexity index is 586. The van der Waals surface area contributed by atoms with E-state index in [-0.39, 0.29) is 5.69 Å². The SMILES string of the molecule is Cc1cnc(Sc2nc(C(=O)O)ccc2N)nc1. The van der Waals surface area contributed by atoms with Gasteiger partial charge >= 0.3 is 5.97 Å². The first-order chi connectivity index (χ1) is 8.56. The molecule has 3 N–H and O–H groups in total. The van der Waals surface area contributed by atoms with Crippen LogP contribution in [0.5, 0.6) is 0 Å². The van der Waals surface area contributed by atoms with Gasteiger partial charge in [-0.2, -0.15) is 0 Å². The van der Waals surface area contributed by atoms with Gasteiger partial charge in [-0.05, 0) is 36.4 Å². The number of nitrogens with two attached hydrogens (primary N) is 1. The minimum absolute atomic E-state index is 0.0567. The van der Waals surface area contributed by atoms with Gasteiger partial charge in [0.1, 0.15) is 10.7 Å². The number of aryl methyl sites for hydroxylation is 1. The highest BCUT2D eigenvalue weighted by Crippen LogP contribution is 2.27. The molecule has 0 atom stereocenters. The van der Waals surface area contributed by atoms with Gasteiger partial charge in [-0.1, -0.05) is 0 Å². The minimum Gasteiger partial charge on any atom is -0.477 e. The van der Waals surface area contributed by atoms with E-state index in [0.717, 1.165) is 17.3 Å². The van der Waals surface area contributed by atoms with E-state index < -0.39 is 5.97 Å². The van der Waals surface area contributed by atoms with Gasteiger partial charge in [0, 0.05) is 12.4 Å². The van der Waals surface area contributed by atoms with Gasteiger partial charge in [-0.15, -0.1) is 0 Å². The molecule has 2 aromatic rings. The number of rotatable bonds is 3. The normalized spacial score (nSPS) is 10.3. The van der Waals surface area contributed by atoms with E-state index >= 15 is 0 Å². The fourth-order valence-electron chi connectivity index (χ4n) is 1.17. The van der Waals surface area contributed by atoms with Crippen molar-refractivity contribution in [2.24, 2.45) is 0 Å². The summed E-state index contributed by atoms with van der Waals surface area (Å²) in [6.45, 7) is 1.88. The second kappa shape index (κ2) is 5.01. The predicted octanol–water partition coefficient (Wildman–Crippen LogP) is 1.61. The monoisotopic (exact) mass is 262 g/mol. The summed E-state index contributed by atoms with van der Waals surface area (Å²) in [5, 5.41) is 9.72. The van der Waals surface area contributed by atoms with Crippen molar-refractivity contribution in [1.29, 1.82) is 0 Å². The molecule has 0 bridgehead atoms. The molecule has 0 aliphatic rings. The van der Waals surface area contributed by atoms with Gasteiger partial charge in [-0.25, -0.2) is 19.7 Å². The van der Waals surface area contributed by atoms with Gasteiger partial charge < -0.3 is 10.8 Å². The second-order valence-corrected chi connectivity index (χ2v) is 4.50.